The van der Waals surface area contributed by atoms with Crippen LogP contribution in [0.5, 0.6) is 5.75 Å². The molecule has 1 unspecified atom stereocenters. The molecule has 4 nitrogen and oxygen atoms in total. The van der Waals surface area contributed by atoms with Gasteiger partial charge in [0, 0.05) is 19.4 Å². The molecule has 0 bridgehead atoms. The van der Waals surface area contributed by atoms with Gasteiger partial charge in [-0.3, -0.25) is 0 Å². The number of halogens is 3. The number of benzene rings is 1. The van der Waals surface area contributed by atoms with Gasteiger partial charge in [-0.05, 0) is 71.5 Å². The molecule has 0 spiro atoms. The molecule has 0 aromatic heterocycles. The summed E-state index contributed by atoms with van der Waals surface area (Å²) in [5.41, 5.74) is -1.15. The molecule has 0 radical (unpaired) electrons. The van der Waals surface area contributed by atoms with Crippen molar-refractivity contribution in [2.24, 2.45) is 0 Å². The van der Waals surface area contributed by atoms with E-state index in [1.54, 1.807) is 25.1 Å². The van der Waals surface area contributed by atoms with Crippen molar-refractivity contribution in [3.63, 3.8) is 0 Å². The molecule has 154 valence electrons. The standard InChI is InChI=1S/C22H21F2IO4/c1-2-28-20(21(26)27)14-16-8-9-19(18(25)13-16)29-12-5-3-4-10-22(24)11-6-7-17(23)15-22/h3,5-9,11,13,20H,2,12,14-15H2,1H3,(H,26,27)/b5-3+/t20-,22?/m0/s1. The van der Waals surface area contributed by atoms with Crippen LogP contribution in [0, 0.1) is 15.4 Å². The average molecular weight is 514 g/mol. The van der Waals surface area contributed by atoms with Gasteiger partial charge >= 0.3 is 5.97 Å². The minimum Gasteiger partial charge on any atom is -0.488 e. The Morgan fingerprint density at radius 3 is 2.93 bits per heavy atom. The summed E-state index contributed by atoms with van der Waals surface area (Å²) in [4.78, 5) is 11.2. The van der Waals surface area contributed by atoms with Gasteiger partial charge in [-0.2, -0.15) is 0 Å². The maximum atomic E-state index is 14.2. The van der Waals surface area contributed by atoms with Crippen molar-refractivity contribution < 1.29 is 28.2 Å². The van der Waals surface area contributed by atoms with Crippen LogP contribution >= 0.6 is 22.6 Å². The summed E-state index contributed by atoms with van der Waals surface area (Å²) < 4.78 is 39.1. The van der Waals surface area contributed by atoms with E-state index < -0.39 is 23.6 Å². The van der Waals surface area contributed by atoms with Gasteiger partial charge in [0.25, 0.3) is 0 Å². The van der Waals surface area contributed by atoms with E-state index in [1.807, 2.05) is 6.07 Å². The summed E-state index contributed by atoms with van der Waals surface area (Å²) in [6.45, 7) is 2.31. The summed E-state index contributed by atoms with van der Waals surface area (Å²) in [5, 5.41) is 9.17. The van der Waals surface area contributed by atoms with Gasteiger partial charge in [0.2, 0.25) is 0 Å². The van der Waals surface area contributed by atoms with Crippen molar-refractivity contribution in [1.29, 1.82) is 0 Å². The van der Waals surface area contributed by atoms with Crippen LogP contribution < -0.4 is 4.74 Å². The van der Waals surface area contributed by atoms with Crippen molar-refractivity contribution in [1.82, 2.24) is 0 Å². The molecule has 0 aliphatic heterocycles. The summed E-state index contributed by atoms with van der Waals surface area (Å²) in [6.07, 6.45) is 5.87. The molecule has 1 N–H and O–H groups in total. The highest BCUT2D eigenvalue weighted by Crippen LogP contribution is 2.27. The van der Waals surface area contributed by atoms with E-state index in [1.165, 1.54) is 24.3 Å². The van der Waals surface area contributed by atoms with E-state index >= 15 is 0 Å². The summed E-state index contributed by atoms with van der Waals surface area (Å²) >= 11 is 2.11. The van der Waals surface area contributed by atoms with Crippen LogP contribution in [-0.2, 0) is 16.0 Å². The third-order valence-corrected chi connectivity index (χ3v) is 4.78. The molecular weight excluding hydrogens is 493 g/mol. The smallest absolute Gasteiger partial charge is 0.333 e. The Morgan fingerprint density at radius 2 is 2.28 bits per heavy atom. The van der Waals surface area contributed by atoms with Crippen molar-refractivity contribution in [3.05, 3.63) is 63.5 Å². The Balaban J connectivity index is 1.88. The van der Waals surface area contributed by atoms with Crippen LogP contribution in [0.25, 0.3) is 0 Å². The molecule has 1 aliphatic rings. The molecule has 0 saturated carbocycles. The van der Waals surface area contributed by atoms with Gasteiger partial charge in [0.1, 0.15) is 18.2 Å². The van der Waals surface area contributed by atoms with E-state index in [2.05, 4.69) is 34.4 Å². The van der Waals surface area contributed by atoms with Gasteiger partial charge < -0.3 is 14.6 Å². The van der Waals surface area contributed by atoms with Gasteiger partial charge in [-0.15, -0.1) is 0 Å². The van der Waals surface area contributed by atoms with Crippen molar-refractivity contribution >= 4 is 28.6 Å². The molecule has 2 rings (SSSR count). The van der Waals surface area contributed by atoms with Crippen LogP contribution in [0.3, 0.4) is 0 Å². The number of ether oxygens (including phenoxy) is 2. The third kappa shape index (κ3) is 7.63. The molecule has 0 heterocycles. The van der Waals surface area contributed by atoms with Crippen LogP contribution in [0.15, 0.2) is 54.4 Å². The zero-order chi connectivity index (χ0) is 21.3. The number of aliphatic carboxylic acids is 1. The minimum absolute atomic E-state index is 0.226. The van der Waals surface area contributed by atoms with E-state index in [0.29, 0.717) is 12.4 Å². The first-order chi connectivity index (χ1) is 13.8. The van der Waals surface area contributed by atoms with E-state index in [0.717, 1.165) is 9.13 Å². The first-order valence-corrected chi connectivity index (χ1v) is 10.1. The Labute approximate surface area is 182 Å². The largest absolute Gasteiger partial charge is 0.488 e. The predicted octanol–water partition coefficient (Wildman–Crippen LogP) is 4.78. The average Bonchev–Trinajstić information content (AvgIpc) is 2.65. The van der Waals surface area contributed by atoms with E-state index in [-0.39, 0.29) is 19.4 Å². The Kier molecular flexibility index (Phi) is 8.86. The van der Waals surface area contributed by atoms with Crippen LogP contribution in [0.2, 0.25) is 0 Å². The second kappa shape index (κ2) is 11.1. The summed E-state index contributed by atoms with van der Waals surface area (Å²) in [6, 6.07) is 5.40. The predicted molar refractivity (Wildman–Crippen MR) is 115 cm³/mol. The molecule has 1 aromatic carbocycles. The Morgan fingerprint density at radius 1 is 1.48 bits per heavy atom. The zero-order valence-electron chi connectivity index (χ0n) is 15.8. The molecule has 1 aromatic rings. The van der Waals surface area contributed by atoms with Crippen LogP contribution in [0.1, 0.15) is 18.9 Å². The number of carboxylic acids is 1. The van der Waals surface area contributed by atoms with Gasteiger partial charge in [-0.25, -0.2) is 13.6 Å². The quantitative estimate of drug-likeness (QED) is 0.401. The number of carboxylic acid groups (broad SMARTS) is 1. The second-order valence-electron chi connectivity index (χ2n) is 6.25. The fraction of sp³-hybridized carbons (Fsp3) is 0.318. The highest BCUT2D eigenvalue weighted by molar-refractivity contribution is 14.1. The van der Waals surface area contributed by atoms with E-state index in [9.17, 15) is 18.7 Å². The third-order valence-electron chi connectivity index (χ3n) is 3.94. The van der Waals surface area contributed by atoms with E-state index in [4.69, 9.17) is 9.47 Å². The Bertz CT molecular complexity index is 883. The maximum absolute atomic E-state index is 14.2. The van der Waals surface area contributed by atoms with Crippen molar-refractivity contribution in [3.8, 4) is 17.6 Å². The van der Waals surface area contributed by atoms with Gasteiger partial charge in [-0.1, -0.05) is 24.0 Å². The SMILES string of the molecule is CCO[C@@H](Cc1ccc(OC/C=C/C#CC2(F)C=CC=C(F)C2)c(I)c1)C(=O)O. The van der Waals surface area contributed by atoms with Crippen LogP contribution in [0.4, 0.5) is 8.78 Å². The summed E-state index contributed by atoms with van der Waals surface area (Å²) in [7, 11) is 0. The highest BCUT2D eigenvalue weighted by Gasteiger charge is 2.27. The number of rotatable bonds is 8. The first kappa shape index (κ1) is 23.1. The number of carbonyl (C=O) groups is 1. The molecule has 1 aliphatic carbocycles. The van der Waals surface area contributed by atoms with Crippen molar-refractivity contribution in [2.45, 2.75) is 31.5 Å². The monoisotopic (exact) mass is 514 g/mol. The molecular formula is C22H21F2IO4. The topological polar surface area (TPSA) is 55.8 Å². The highest BCUT2D eigenvalue weighted by atomic mass is 127. The summed E-state index contributed by atoms with van der Waals surface area (Å²) in [5.74, 6) is 4.07. The normalized spacial score (nSPS) is 19.4. The second-order valence-corrected chi connectivity index (χ2v) is 7.41. The number of alkyl halides is 1. The molecule has 29 heavy (non-hydrogen) atoms. The number of allylic oxidation sites excluding steroid dienone is 5. The first-order valence-electron chi connectivity index (χ1n) is 8.99. The fourth-order valence-corrected chi connectivity index (χ4v) is 3.32. The molecule has 0 amide bonds. The lowest BCUT2D eigenvalue weighted by Gasteiger charge is -2.15. The molecule has 2 atom stereocenters. The van der Waals surface area contributed by atoms with Gasteiger partial charge in [0.15, 0.2) is 11.8 Å². The minimum atomic E-state index is -1.98. The van der Waals surface area contributed by atoms with Crippen LogP contribution in [-0.4, -0.2) is 36.1 Å². The molecule has 7 heteroatoms. The molecule has 0 saturated heterocycles. The maximum Gasteiger partial charge on any atom is 0.333 e. The van der Waals surface area contributed by atoms with Crippen molar-refractivity contribution in [2.75, 3.05) is 13.2 Å². The number of hydrogen-bond acceptors (Lipinski definition) is 3. The van der Waals surface area contributed by atoms with Gasteiger partial charge in [0.05, 0.1) is 3.57 Å². The number of hydrogen-bond donors (Lipinski definition) is 1. The lowest BCUT2D eigenvalue weighted by Crippen LogP contribution is -2.26. The lowest BCUT2D eigenvalue weighted by atomic mass is 9.97. The lowest BCUT2D eigenvalue weighted by molar-refractivity contribution is -0.149. The fourth-order valence-electron chi connectivity index (χ4n) is 2.58. The zero-order valence-corrected chi connectivity index (χ0v) is 18.0. The Hall–Kier alpha value is -2.18. The molecule has 0 fully saturated rings.